The Morgan fingerprint density at radius 1 is 1.35 bits per heavy atom. The highest BCUT2D eigenvalue weighted by molar-refractivity contribution is 7.22. The second kappa shape index (κ2) is 7.92. The van der Waals surface area contributed by atoms with Crippen LogP contribution in [0.1, 0.15) is 0 Å². The van der Waals surface area contributed by atoms with E-state index < -0.39 is 6.04 Å². The number of nitrogens with zero attached hydrogens (tertiary/aromatic N) is 3. The van der Waals surface area contributed by atoms with Gasteiger partial charge in [0.25, 0.3) is 0 Å². The first-order valence-corrected chi connectivity index (χ1v) is 8.14. The molecule has 6 nitrogen and oxygen atoms in total. The maximum atomic E-state index is 12.2. The van der Waals surface area contributed by atoms with Crippen molar-refractivity contribution in [3.8, 4) is 0 Å². The molecule has 2 aromatic rings. The van der Waals surface area contributed by atoms with Crippen LogP contribution in [0.4, 0.5) is 5.13 Å². The van der Waals surface area contributed by atoms with Crippen molar-refractivity contribution in [1.82, 2.24) is 9.88 Å². The molecule has 0 bridgehead atoms. The van der Waals surface area contributed by atoms with Gasteiger partial charge in [-0.15, -0.1) is 12.4 Å². The molecule has 8 heteroatoms. The number of thiazole rings is 1. The molecular weight excluding hydrogens is 336 g/mol. The number of para-hydroxylation sites is 1. The number of rotatable bonds is 4. The summed E-state index contributed by atoms with van der Waals surface area (Å²) in [6.07, 6.45) is 0. The van der Waals surface area contributed by atoms with Gasteiger partial charge in [0.05, 0.1) is 16.8 Å². The number of methoxy groups -OCH3 is 1. The minimum Gasteiger partial charge on any atom is -0.383 e. The van der Waals surface area contributed by atoms with Crippen molar-refractivity contribution >= 4 is 45.0 Å². The Balaban J connectivity index is 0.00000192. The lowest BCUT2D eigenvalue weighted by molar-refractivity contribution is -0.134. The lowest BCUT2D eigenvalue weighted by Crippen LogP contribution is -2.54. The number of benzene rings is 1. The average Bonchev–Trinajstić information content (AvgIpc) is 2.98. The van der Waals surface area contributed by atoms with Crippen LogP contribution in [0.3, 0.4) is 0 Å². The van der Waals surface area contributed by atoms with Gasteiger partial charge in [0.2, 0.25) is 5.91 Å². The van der Waals surface area contributed by atoms with Crippen molar-refractivity contribution in [3.63, 3.8) is 0 Å². The number of ether oxygens (including phenoxy) is 1. The van der Waals surface area contributed by atoms with Crippen LogP contribution in [0.2, 0.25) is 0 Å². The highest BCUT2D eigenvalue weighted by atomic mass is 35.5. The van der Waals surface area contributed by atoms with Gasteiger partial charge >= 0.3 is 0 Å². The molecule has 1 unspecified atom stereocenters. The van der Waals surface area contributed by atoms with Crippen molar-refractivity contribution in [2.45, 2.75) is 6.04 Å². The molecule has 1 amide bonds. The van der Waals surface area contributed by atoms with Crippen molar-refractivity contribution in [2.75, 3.05) is 44.8 Å². The quantitative estimate of drug-likeness (QED) is 0.895. The summed E-state index contributed by atoms with van der Waals surface area (Å²) >= 11 is 1.69. The fourth-order valence-electron chi connectivity index (χ4n) is 2.60. The minimum atomic E-state index is -0.570. The topological polar surface area (TPSA) is 71.7 Å². The molecule has 3 rings (SSSR count). The third-order valence-corrected chi connectivity index (χ3v) is 4.91. The van der Waals surface area contributed by atoms with Crippen LogP contribution < -0.4 is 10.6 Å². The van der Waals surface area contributed by atoms with E-state index in [1.54, 1.807) is 18.4 Å². The van der Waals surface area contributed by atoms with Crippen LogP contribution in [-0.4, -0.2) is 61.7 Å². The maximum Gasteiger partial charge on any atom is 0.241 e. The molecule has 1 aromatic heterocycles. The molecule has 0 aliphatic carbocycles. The van der Waals surface area contributed by atoms with E-state index in [0.29, 0.717) is 13.1 Å². The van der Waals surface area contributed by atoms with Crippen LogP contribution in [0.5, 0.6) is 0 Å². The van der Waals surface area contributed by atoms with E-state index >= 15 is 0 Å². The molecule has 1 aromatic carbocycles. The normalized spacial score (nSPS) is 16.3. The van der Waals surface area contributed by atoms with Gasteiger partial charge in [0.1, 0.15) is 6.04 Å². The number of carbonyl (C=O) groups excluding carboxylic acids is 1. The highest BCUT2D eigenvalue weighted by Gasteiger charge is 2.26. The van der Waals surface area contributed by atoms with Gasteiger partial charge in [-0.3, -0.25) is 4.79 Å². The van der Waals surface area contributed by atoms with Gasteiger partial charge in [-0.05, 0) is 12.1 Å². The smallest absolute Gasteiger partial charge is 0.241 e. The summed E-state index contributed by atoms with van der Waals surface area (Å²) in [4.78, 5) is 20.9. The summed E-state index contributed by atoms with van der Waals surface area (Å²) in [6, 6.07) is 7.57. The Labute approximate surface area is 145 Å². The molecule has 0 radical (unpaired) electrons. The first-order valence-electron chi connectivity index (χ1n) is 7.33. The van der Waals surface area contributed by atoms with Gasteiger partial charge in [-0.2, -0.15) is 0 Å². The Morgan fingerprint density at radius 3 is 2.70 bits per heavy atom. The Morgan fingerprint density at radius 2 is 2.04 bits per heavy atom. The van der Waals surface area contributed by atoms with E-state index in [4.69, 9.17) is 10.5 Å². The van der Waals surface area contributed by atoms with Crippen molar-refractivity contribution in [2.24, 2.45) is 5.73 Å². The molecule has 2 heterocycles. The Bertz CT molecular complexity index is 625. The predicted octanol–water partition coefficient (Wildman–Crippen LogP) is 1.34. The molecule has 1 aliphatic heterocycles. The van der Waals surface area contributed by atoms with E-state index in [1.807, 2.05) is 23.1 Å². The number of amides is 1. The summed E-state index contributed by atoms with van der Waals surface area (Å²) in [5, 5.41) is 1.02. The number of piperazine rings is 1. The molecule has 0 spiro atoms. The van der Waals surface area contributed by atoms with E-state index in [1.165, 1.54) is 4.70 Å². The second-order valence-corrected chi connectivity index (χ2v) is 6.35. The van der Waals surface area contributed by atoms with E-state index in [2.05, 4.69) is 16.0 Å². The van der Waals surface area contributed by atoms with Crippen molar-refractivity contribution < 1.29 is 9.53 Å². The molecule has 2 N–H and O–H groups in total. The maximum absolute atomic E-state index is 12.2. The van der Waals surface area contributed by atoms with Gasteiger partial charge < -0.3 is 20.3 Å². The summed E-state index contributed by atoms with van der Waals surface area (Å²) in [5.41, 5.74) is 6.85. The second-order valence-electron chi connectivity index (χ2n) is 5.34. The van der Waals surface area contributed by atoms with Crippen LogP contribution in [-0.2, 0) is 9.53 Å². The summed E-state index contributed by atoms with van der Waals surface area (Å²) in [7, 11) is 1.55. The number of nitrogens with two attached hydrogens (primary N) is 1. The predicted molar refractivity (Wildman–Crippen MR) is 95.5 cm³/mol. The zero-order valence-electron chi connectivity index (χ0n) is 13.0. The molecule has 1 fully saturated rings. The van der Waals surface area contributed by atoms with Crippen LogP contribution >= 0.6 is 23.7 Å². The van der Waals surface area contributed by atoms with Gasteiger partial charge in [-0.1, -0.05) is 23.5 Å². The number of aromatic nitrogens is 1. The standard InChI is InChI=1S/C15H20N4O2S.ClH/c1-21-10-11(16)14(20)18-6-8-19(9-7-18)15-17-12-4-2-3-5-13(12)22-15;/h2-5,11H,6-10,16H2,1H3;1H. The summed E-state index contributed by atoms with van der Waals surface area (Å²) in [5.74, 6) is -0.0363. The van der Waals surface area contributed by atoms with Gasteiger partial charge in [0, 0.05) is 33.3 Å². The number of halogens is 1. The molecule has 0 saturated carbocycles. The van der Waals surface area contributed by atoms with Crippen LogP contribution in [0.25, 0.3) is 10.2 Å². The first-order chi connectivity index (χ1) is 10.7. The number of fused-ring (bicyclic) bond motifs is 1. The number of hydrogen-bond donors (Lipinski definition) is 1. The first kappa shape index (κ1) is 17.9. The Kier molecular flexibility index (Phi) is 6.17. The van der Waals surface area contributed by atoms with Gasteiger partial charge in [0.15, 0.2) is 5.13 Å². The lowest BCUT2D eigenvalue weighted by Gasteiger charge is -2.35. The Hall–Kier alpha value is -1.41. The van der Waals surface area contributed by atoms with Crippen LogP contribution in [0, 0.1) is 0 Å². The molecule has 1 atom stereocenters. The van der Waals surface area contributed by atoms with Crippen molar-refractivity contribution in [3.05, 3.63) is 24.3 Å². The zero-order valence-corrected chi connectivity index (χ0v) is 14.6. The zero-order chi connectivity index (χ0) is 15.5. The summed E-state index contributed by atoms with van der Waals surface area (Å²) in [6.45, 7) is 3.17. The lowest BCUT2D eigenvalue weighted by atomic mass is 10.2. The number of hydrogen-bond acceptors (Lipinski definition) is 6. The largest absolute Gasteiger partial charge is 0.383 e. The third kappa shape index (κ3) is 3.92. The molecular formula is C15H21ClN4O2S. The van der Waals surface area contributed by atoms with E-state index in [-0.39, 0.29) is 24.9 Å². The number of anilines is 1. The minimum absolute atomic E-state index is 0. The number of carbonyl (C=O) groups is 1. The van der Waals surface area contributed by atoms with Crippen molar-refractivity contribution in [1.29, 1.82) is 0 Å². The SMILES string of the molecule is COCC(N)C(=O)N1CCN(c2nc3ccccc3s2)CC1.Cl. The highest BCUT2D eigenvalue weighted by Crippen LogP contribution is 2.29. The molecule has 1 aliphatic rings. The molecule has 126 valence electrons. The fourth-order valence-corrected chi connectivity index (χ4v) is 3.62. The van der Waals surface area contributed by atoms with E-state index in [9.17, 15) is 4.79 Å². The van der Waals surface area contributed by atoms with Crippen LogP contribution in [0.15, 0.2) is 24.3 Å². The van der Waals surface area contributed by atoms with E-state index in [0.717, 1.165) is 23.7 Å². The summed E-state index contributed by atoms with van der Waals surface area (Å²) < 4.78 is 6.14. The average molecular weight is 357 g/mol. The van der Waals surface area contributed by atoms with Gasteiger partial charge in [-0.25, -0.2) is 4.98 Å². The molecule has 23 heavy (non-hydrogen) atoms. The molecule has 1 saturated heterocycles. The third-order valence-electron chi connectivity index (χ3n) is 3.81. The fraction of sp³-hybridized carbons (Fsp3) is 0.467. The monoisotopic (exact) mass is 356 g/mol.